The molecule has 2 aromatic heterocycles. The summed E-state index contributed by atoms with van der Waals surface area (Å²) in [6, 6.07) is 2.90. The largest absolute Gasteiger partial charge is 0.378 e. The second kappa shape index (κ2) is 8.19. The van der Waals surface area contributed by atoms with Gasteiger partial charge in [0.1, 0.15) is 17.8 Å². The fourth-order valence-electron chi connectivity index (χ4n) is 3.88. The highest BCUT2D eigenvalue weighted by Gasteiger charge is 2.52. The Hall–Kier alpha value is -2.95. The van der Waals surface area contributed by atoms with Crippen LogP contribution in [0.3, 0.4) is 0 Å². The number of anilines is 3. The molecule has 11 heteroatoms. The van der Waals surface area contributed by atoms with Crippen LogP contribution in [0.25, 0.3) is 0 Å². The highest BCUT2D eigenvalue weighted by molar-refractivity contribution is 5.89. The van der Waals surface area contributed by atoms with Crippen molar-refractivity contribution < 1.29 is 22.7 Å². The number of halogens is 3. The minimum Gasteiger partial charge on any atom is -0.378 e. The predicted molar refractivity (Wildman–Crippen MR) is 111 cm³/mol. The third kappa shape index (κ3) is 4.62. The Morgan fingerprint density at radius 2 is 2.12 bits per heavy atom. The normalized spacial score (nSPS) is 20.5. The van der Waals surface area contributed by atoms with E-state index in [1.807, 2.05) is 0 Å². The molecule has 1 unspecified atom stereocenters. The van der Waals surface area contributed by atoms with Gasteiger partial charge in [0.05, 0.1) is 12.3 Å². The van der Waals surface area contributed by atoms with E-state index < -0.39 is 23.5 Å². The van der Waals surface area contributed by atoms with Crippen molar-refractivity contribution in [2.75, 3.05) is 30.0 Å². The smallest absolute Gasteiger partial charge is 0.302 e. The fraction of sp³-hybridized carbons (Fsp3) is 0.524. The van der Waals surface area contributed by atoms with Crippen LogP contribution in [-0.2, 0) is 20.9 Å². The summed E-state index contributed by atoms with van der Waals surface area (Å²) in [6.45, 7) is 3.54. The Balaban J connectivity index is 0.000000354. The van der Waals surface area contributed by atoms with Gasteiger partial charge in [-0.3, -0.25) is 9.59 Å². The lowest BCUT2D eigenvalue weighted by Gasteiger charge is -2.20. The average molecular weight is 451 g/mol. The number of ether oxygens (including phenoxy) is 1. The van der Waals surface area contributed by atoms with Gasteiger partial charge in [0, 0.05) is 62.7 Å². The van der Waals surface area contributed by atoms with Crippen LogP contribution < -0.4 is 15.8 Å². The molecular weight excluding hydrogens is 427 g/mol. The van der Waals surface area contributed by atoms with Crippen molar-refractivity contribution >= 4 is 23.2 Å². The second-order valence-electron chi connectivity index (χ2n) is 8.44. The minimum absolute atomic E-state index is 0.0870. The van der Waals surface area contributed by atoms with Crippen molar-refractivity contribution in [1.29, 1.82) is 0 Å². The summed E-state index contributed by atoms with van der Waals surface area (Å²) >= 11 is 0. The van der Waals surface area contributed by atoms with E-state index in [0.717, 1.165) is 24.1 Å². The van der Waals surface area contributed by atoms with Gasteiger partial charge < -0.3 is 19.9 Å². The minimum atomic E-state index is -3.26. The Bertz CT molecular complexity index is 1080. The molecule has 0 bridgehead atoms. The maximum Gasteiger partial charge on any atom is 0.302 e. The van der Waals surface area contributed by atoms with Crippen LogP contribution in [0.2, 0.25) is 0 Å². The van der Waals surface area contributed by atoms with E-state index in [1.165, 1.54) is 13.0 Å². The standard InChI is InChI=1S/C17H17F2N5O2.C4H7FO/c1-9(25)21-12-5-11-10(7-20-12)17(3-4-17)8-24(11)13-6-14(26)23-15(22-13)16(2,18)19;5-4-1-2-6-3-4/h5-7H,3-4,8H2,1-2H3,(H,20,21,25)(H,22,23,26);4H,1-3H2. The summed E-state index contributed by atoms with van der Waals surface area (Å²) in [7, 11) is 0. The van der Waals surface area contributed by atoms with Crippen LogP contribution in [0.5, 0.6) is 0 Å². The van der Waals surface area contributed by atoms with E-state index in [4.69, 9.17) is 0 Å². The van der Waals surface area contributed by atoms with Crippen LogP contribution in [0.15, 0.2) is 23.1 Å². The zero-order valence-corrected chi connectivity index (χ0v) is 17.8. The van der Waals surface area contributed by atoms with E-state index in [-0.39, 0.29) is 17.1 Å². The first-order chi connectivity index (χ1) is 15.1. The number of aromatic amines is 1. The van der Waals surface area contributed by atoms with Gasteiger partial charge in [0.25, 0.3) is 5.56 Å². The molecule has 2 fully saturated rings. The van der Waals surface area contributed by atoms with E-state index in [1.54, 1.807) is 17.2 Å². The molecule has 32 heavy (non-hydrogen) atoms. The molecule has 2 aliphatic heterocycles. The number of nitrogens with one attached hydrogen (secondary N) is 2. The lowest BCUT2D eigenvalue weighted by Crippen LogP contribution is -2.26. The van der Waals surface area contributed by atoms with Crippen molar-refractivity contribution in [2.45, 2.75) is 50.6 Å². The predicted octanol–water partition coefficient (Wildman–Crippen LogP) is 3.16. The molecule has 1 aliphatic carbocycles. The maximum absolute atomic E-state index is 13.7. The van der Waals surface area contributed by atoms with E-state index in [0.29, 0.717) is 38.9 Å². The van der Waals surface area contributed by atoms with Gasteiger partial charge in [-0.15, -0.1) is 0 Å². The van der Waals surface area contributed by atoms with E-state index >= 15 is 0 Å². The molecule has 3 aliphatic rings. The number of carbonyl (C=O) groups is 1. The van der Waals surface area contributed by atoms with Crippen LogP contribution in [0, 0.1) is 0 Å². The number of alkyl halides is 3. The molecular formula is C21H24F3N5O3. The molecule has 2 aromatic rings. The Labute approximate surface area is 182 Å². The first-order valence-electron chi connectivity index (χ1n) is 10.3. The molecule has 1 amide bonds. The SMILES string of the molecule is CC(=O)Nc1cc2c(cn1)C1(CC1)CN2c1cc(=O)[nH]c(C(C)(F)F)n1.FC1CCOC1. The molecule has 172 valence electrons. The molecule has 1 spiro atoms. The second-order valence-corrected chi connectivity index (χ2v) is 8.44. The van der Waals surface area contributed by atoms with Crippen LogP contribution >= 0.6 is 0 Å². The van der Waals surface area contributed by atoms with Crippen molar-refractivity contribution in [1.82, 2.24) is 15.0 Å². The summed E-state index contributed by atoms with van der Waals surface area (Å²) in [5.41, 5.74) is 0.986. The fourth-order valence-corrected chi connectivity index (χ4v) is 3.88. The lowest BCUT2D eigenvalue weighted by atomic mass is 10.0. The molecule has 4 heterocycles. The number of amides is 1. The summed E-state index contributed by atoms with van der Waals surface area (Å²) < 4.78 is 43.8. The van der Waals surface area contributed by atoms with Crippen molar-refractivity contribution in [3.05, 3.63) is 40.1 Å². The monoisotopic (exact) mass is 451 g/mol. The van der Waals surface area contributed by atoms with Crippen molar-refractivity contribution in [3.8, 4) is 0 Å². The zero-order chi connectivity index (χ0) is 23.1. The number of hydrogen-bond acceptors (Lipinski definition) is 6. The molecule has 0 radical (unpaired) electrons. The number of nitrogens with zero attached hydrogens (tertiary/aromatic N) is 3. The summed E-state index contributed by atoms with van der Waals surface area (Å²) in [6.07, 6.45) is 3.54. The zero-order valence-electron chi connectivity index (χ0n) is 17.8. The van der Waals surface area contributed by atoms with Gasteiger partial charge in [-0.2, -0.15) is 8.78 Å². The van der Waals surface area contributed by atoms with Crippen LogP contribution in [0.1, 0.15) is 44.5 Å². The number of aromatic nitrogens is 3. The van der Waals surface area contributed by atoms with Gasteiger partial charge in [-0.25, -0.2) is 14.4 Å². The highest BCUT2D eigenvalue weighted by Crippen LogP contribution is 2.57. The van der Waals surface area contributed by atoms with Gasteiger partial charge in [0.15, 0.2) is 5.82 Å². The summed E-state index contributed by atoms with van der Waals surface area (Å²) in [5, 5.41) is 2.62. The summed E-state index contributed by atoms with van der Waals surface area (Å²) in [5.74, 6) is -3.66. The van der Waals surface area contributed by atoms with Crippen molar-refractivity contribution in [3.63, 3.8) is 0 Å². The molecule has 8 nitrogen and oxygen atoms in total. The van der Waals surface area contributed by atoms with E-state index in [9.17, 15) is 22.8 Å². The van der Waals surface area contributed by atoms with Gasteiger partial charge in [-0.05, 0) is 12.8 Å². The Kier molecular flexibility index (Phi) is 5.70. The topological polar surface area (TPSA) is 100 Å². The first kappa shape index (κ1) is 22.3. The number of fused-ring (bicyclic) bond motifs is 2. The first-order valence-corrected chi connectivity index (χ1v) is 10.3. The van der Waals surface area contributed by atoms with Crippen molar-refractivity contribution in [2.24, 2.45) is 0 Å². The lowest BCUT2D eigenvalue weighted by molar-refractivity contribution is -0.114. The average Bonchev–Trinajstić information content (AvgIpc) is 3.20. The van der Waals surface area contributed by atoms with Gasteiger partial charge in [0.2, 0.25) is 5.91 Å². The molecule has 2 N–H and O–H groups in total. The molecule has 5 rings (SSSR count). The van der Waals surface area contributed by atoms with Crippen LogP contribution in [-0.4, -0.2) is 46.8 Å². The molecule has 1 atom stereocenters. The summed E-state index contributed by atoms with van der Waals surface area (Å²) in [4.78, 5) is 35.3. The third-order valence-corrected chi connectivity index (χ3v) is 5.66. The van der Waals surface area contributed by atoms with Gasteiger partial charge in [-0.1, -0.05) is 0 Å². The van der Waals surface area contributed by atoms with Crippen LogP contribution in [0.4, 0.5) is 30.5 Å². The number of carbonyl (C=O) groups excluding carboxylic acids is 1. The Morgan fingerprint density at radius 3 is 2.66 bits per heavy atom. The molecule has 1 saturated heterocycles. The third-order valence-electron chi connectivity index (χ3n) is 5.66. The number of rotatable bonds is 3. The van der Waals surface area contributed by atoms with Gasteiger partial charge >= 0.3 is 5.92 Å². The number of hydrogen-bond donors (Lipinski definition) is 2. The Morgan fingerprint density at radius 1 is 1.38 bits per heavy atom. The number of H-pyrrole nitrogens is 1. The molecule has 0 aromatic carbocycles. The highest BCUT2D eigenvalue weighted by atomic mass is 19.3. The quantitative estimate of drug-likeness (QED) is 0.744. The maximum atomic E-state index is 13.7. The molecule has 1 saturated carbocycles. The number of pyridine rings is 1. The van der Waals surface area contributed by atoms with E-state index in [2.05, 4.69) is 25.0 Å².